The van der Waals surface area contributed by atoms with Gasteiger partial charge in [0.1, 0.15) is 0 Å². The van der Waals surface area contributed by atoms with E-state index < -0.39 is 17.4 Å². The summed E-state index contributed by atoms with van der Waals surface area (Å²) in [7, 11) is 0. The third-order valence-corrected chi connectivity index (χ3v) is 4.87. The summed E-state index contributed by atoms with van der Waals surface area (Å²) in [6.45, 7) is 5.80. The second kappa shape index (κ2) is 8.66. The highest BCUT2D eigenvalue weighted by Gasteiger charge is 2.52. The van der Waals surface area contributed by atoms with Gasteiger partial charge in [-0.05, 0) is 57.6 Å². The number of allylic oxidation sites excluding steroid dienone is 1. The van der Waals surface area contributed by atoms with Crippen molar-refractivity contribution in [1.82, 2.24) is 0 Å². The molecule has 0 saturated heterocycles. The second-order valence-corrected chi connectivity index (χ2v) is 6.51. The van der Waals surface area contributed by atoms with Crippen LogP contribution in [0.15, 0.2) is 35.9 Å². The first kappa shape index (κ1) is 19.7. The Balaban J connectivity index is 2.18. The molecule has 0 bridgehead atoms. The number of carbonyl (C=O) groups excluding carboxylic acids is 2. The summed E-state index contributed by atoms with van der Waals surface area (Å²) in [6.07, 6.45) is 3.53. The van der Waals surface area contributed by atoms with Crippen molar-refractivity contribution >= 4 is 11.9 Å². The molecular formula is C21H25NO4. The van der Waals surface area contributed by atoms with Gasteiger partial charge in [0.25, 0.3) is 0 Å². The van der Waals surface area contributed by atoms with Crippen molar-refractivity contribution in [2.75, 3.05) is 13.2 Å². The van der Waals surface area contributed by atoms with Crippen molar-refractivity contribution in [2.24, 2.45) is 11.3 Å². The molecule has 0 saturated carbocycles. The molecule has 1 aromatic rings. The lowest BCUT2D eigenvalue weighted by Gasteiger charge is -2.24. The van der Waals surface area contributed by atoms with Gasteiger partial charge < -0.3 is 9.47 Å². The molecule has 0 aliphatic heterocycles. The lowest BCUT2D eigenvalue weighted by atomic mass is 9.83. The van der Waals surface area contributed by atoms with Crippen molar-refractivity contribution in [1.29, 1.82) is 5.26 Å². The van der Waals surface area contributed by atoms with E-state index in [1.807, 2.05) is 25.1 Å². The Morgan fingerprint density at radius 2 is 1.81 bits per heavy atom. The molecule has 26 heavy (non-hydrogen) atoms. The van der Waals surface area contributed by atoms with Gasteiger partial charge in [-0.25, -0.2) is 0 Å². The van der Waals surface area contributed by atoms with Crippen LogP contribution in [0.3, 0.4) is 0 Å². The van der Waals surface area contributed by atoms with Gasteiger partial charge in [0.2, 0.25) is 0 Å². The van der Waals surface area contributed by atoms with E-state index in [9.17, 15) is 14.9 Å². The van der Waals surface area contributed by atoms with Gasteiger partial charge in [-0.15, -0.1) is 0 Å². The molecule has 1 aromatic carbocycles. The second-order valence-electron chi connectivity index (χ2n) is 6.51. The molecule has 0 N–H and O–H groups in total. The fraction of sp³-hybridized carbons (Fsp3) is 0.476. The van der Waals surface area contributed by atoms with Crippen molar-refractivity contribution in [2.45, 2.75) is 40.0 Å². The van der Waals surface area contributed by atoms with Crippen molar-refractivity contribution in [3.05, 3.63) is 47.0 Å². The Labute approximate surface area is 154 Å². The molecule has 5 nitrogen and oxygen atoms in total. The summed E-state index contributed by atoms with van der Waals surface area (Å²) < 4.78 is 10.3. The Morgan fingerprint density at radius 3 is 2.38 bits per heavy atom. The topological polar surface area (TPSA) is 76.4 Å². The van der Waals surface area contributed by atoms with Gasteiger partial charge in [0.15, 0.2) is 5.41 Å². The zero-order valence-electron chi connectivity index (χ0n) is 15.6. The van der Waals surface area contributed by atoms with E-state index in [-0.39, 0.29) is 19.1 Å². The molecule has 0 radical (unpaired) electrons. The SMILES string of the molecule is CCOC(=O)C1(C(=O)OCC)C=C(C)C(CCc2ccccc2C#N)C1. The summed E-state index contributed by atoms with van der Waals surface area (Å²) in [5.41, 5.74) is 1.28. The molecule has 0 heterocycles. The first-order valence-corrected chi connectivity index (χ1v) is 9.00. The number of aryl methyl sites for hydroxylation is 1. The molecule has 1 atom stereocenters. The standard InChI is InChI=1S/C21H25NO4/c1-4-25-19(23)21(20(24)26-5-2)12-15(3)17(13-21)11-10-16-8-6-7-9-18(16)14-22/h6-9,12,17H,4-5,10-11,13H2,1-3H3. The van der Waals surface area contributed by atoms with Crippen LogP contribution >= 0.6 is 0 Å². The average Bonchev–Trinajstić information content (AvgIpc) is 2.98. The van der Waals surface area contributed by atoms with E-state index in [0.717, 1.165) is 17.6 Å². The highest BCUT2D eigenvalue weighted by molar-refractivity contribution is 6.03. The lowest BCUT2D eigenvalue weighted by molar-refractivity contribution is -0.168. The molecule has 5 heteroatoms. The van der Waals surface area contributed by atoms with Crippen LogP contribution in [-0.4, -0.2) is 25.2 Å². The van der Waals surface area contributed by atoms with Crippen LogP contribution in [0.2, 0.25) is 0 Å². The minimum absolute atomic E-state index is 0.0653. The van der Waals surface area contributed by atoms with Gasteiger partial charge in [-0.3, -0.25) is 9.59 Å². The Hall–Kier alpha value is -2.61. The number of rotatable bonds is 7. The highest BCUT2D eigenvalue weighted by atomic mass is 16.6. The number of esters is 2. The largest absolute Gasteiger partial charge is 0.465 e. The summed E-state index contributed by atoms with van der Waals surface area (Å²) in [5, 5.41) is 9.23. The number of benzene rings is 1. The summed E-state index contributed by atoms with van der Waals surface area (Å²) in [4.78, 5) is 25.1. The molecule has 1 aliphatic rings. The Kier molecular flexibility index (Phi) is 6.57. The number of hydrogen-bond acceptors (Lipinski definition) is 5. The van der Waals surface area contributed by atoms with Crippen LogP contribution in [0.5, 0.6) is 0 Å². The van der Waals surface area contributed by atoms with Crippen molar-refractivity contribution in [3.63, 3.8) is 0 Å². The number of nitrogens with zero attached hydrogens (tertiary/aromatic N) is 1. The zero-order chi connectivity index (χ0) is 19.2. The molecule has 138 valence electrons. The monoisotopic (exact) mass is 355 g/mol. The van der Waals surface area contributed by atoms with Gasteiger partial charge in [-0.2, -0.15) is 5.26 Å². The fourth-order valence-corrected chi connectivity index (χ4v) is 3.51. The Bertz CT molecular complexity index is 727. The zero-order valence-corrected chi connectivity index (χ0v) is 15.6. The maximum Gasteiger partial charge on any atom is 0.327 e. The lowest BCUT2D eigenvalue weighted by Crippen LogP contribution is -2.39. The van der Waals surface area contributed by atoms with E-state index in [1.54, 1.807) is 26.0 Å². The summed E-state index contributed by atoms with van der Waals surface area (Å²) in [6, 6.07) is 9.70. The molecule has 0 aromatic heterocycles. The number of nitriles is 1. The summed E-state index contributed by atoms with van der Waals surface area (Å²) >= 11 is 0. The third kappa shape index (κ3) is 3.96. The van der Waals surface area contributed by atoms with Gasteiger partial charge >= 0.3 is 11.9 Å². The third-order valence-electron chi connectivity index (χ3n) is 4.87. The van der Waals surface area contributed by atoms with Crippen molar-refractivity contribution < 1.29 is 19.1 Å². The fourth-order valence-electron chi connectivity index (χ4n) is 3.51. The molecule has 2 rings (SSSR count). The van der Waals surface area contributed by atoms with Crippen LogP contribution in [0, 0.1) is 22.7 Å². The van der Waals surface area contributed by atoms with Crippen LogP contribution in [0.4, 0.5) is 0 Å². The van der Waals surface area contributed by atoms with Crippen LogP contribution in [-0.2, 0) is 25.5 Å². The minimum atomic E-state index is -1.35. The molecule has 0 amide bonds. The van der Waals surface area contributed by atoms with E-state index in [4.69, 9.17) is 9.47 Å². The van der Waals surface area contributed by atoms with Crippen LogP contribution in [0.1, 0.15) is 44.7 Å². The van der Waals surface area contributed by atoms with E-state index in [0.29, 0.717) is 18.4 Å². The predicted molar refractivity (Wildman–Crippen MR) is 97.0 cm³/mol. The number of hydrogen-bond donors (Lipinski definition) is 0. The quantitative estimate of drug-likeness (QED) is 0.424. The molecular weight excluding hydrogens is 330 g/mol. The van der Waals surface area contributed by atoms with Gasteiger partial charge in [-0.1, -0.05) is 29.8 Å². The van der Waals surface area contributed by atoms with Gasteiger partial charge in [0.05, 0.1) is 24.8 Å². The molecule has 0 spiro atoms. The smallest absolute Gasteiger partial charge is 0.327 e. The molecule has 1 unspecified atom stereocenters. The number of carbonyl (C=O) groups is 2. The van der Waals surface area contributed by atoms with Crippen molar-refractivity contribution in [3.8, 4) is 6.07 Å². The van der Waals surface area contributed by atoms with E-state index in [1.165, 1.54) is 0 Å². The number of ether oxygens (including phenoxy) is 2. The molecule has 0 fully saturated rings. The highest BCUT2D eigenvalue weighted by Crippen LogP contribution is 2.44. The van der Waals surface area contributed by atoms with E-state index in [2.05, 4.69) is 6.07 Å². The average molecular weight is 355 g/mol. The normalized spacial score (nSPS) is 17.9. The predicted octanol–water partition coefficient (Wildman–Crippen LogP) is 3.57. The maximum atomic E-state index is 12.5. The summed E-state index contributed by atoms with van der Waals surface area (Å²) in [5.74, 6) is -1.02. The minimum Gasteiger partial charge on any atom is -0.465 e. The van der Waals surface area contributed by atoms with Gasteiger partial charge in [0, 0.05) is 0 Å². The van der Waals surface area contributed by atoms with Crippen LogP contribution in [0.25, 0.3) is 0 Å². The van der Waals surface area contributed by atoms with E-state index >= 15 is 0 Å². The first-order valence-electron chi connectivity index (χ1n) is 9.00. The molecule has 1 aliphatic carbocycles. The maximum absolute atomic E-state index is 12.5. The van der Waals surface area contributed by atoms with Crippen LogP contribution < -0.4 is 0 Å². The first-order chi connectivity index (χ1) is 12.5. The Morgan fingerprint density at radius 1 is 1.19 bits per heavy atom.